The summed E-state index contributed by atoms with van der Waals surface area (Å²) in [4.78, 5) is 11.3. The van der Waals surface area contributed by atoms with Crippen molar-refractivity contribution in [1.29, 1.82) is 5.26 Å². The number of hydrogen-bond acceptors (Lipinski definition) is 5. The van der Waals surface area contributed by atoms with Gasteiger partial charge in [0.15, 0.2) is 0 Å². The number of rotatable bonds is 3. The van der Waals surface area contributed by atoms with Crippen molar-refractivity contribution in [2.24, 2.45) is 5.73 Å². The fourth-order valence-electron chi connectivity index (χ4n) is 3.45. The van der Waals surface area contributed by atoms with Crippen LogP contribution in [0.4, 0.5) is 4.39 Å². The van der Waals surface area contributed by atoms with Crippen molar-refractivity contribution in [3.63, 3.8) is 0 Å². The minimum absolute atomic E-state index is 0.0788. The molecule has 0 radical (unpaired) electrons. The van der Waals surface area contributed by atoms with Crippen molar-refractivity contribution in [2.45, 2.75) is 12.8 Å². The summed E-state index contributed by atoms with van der Waals surface area (Å²) >= 11 is 0. The molecule has 0 saturated carbocycles. The Morgan fingerprint density at radius 2 is 2.03 bits per heavy atom. The molecule has 0 aliphatic carbocycles. The molecule has 2 aromatic carbocycles. The smallest absolute Gasteiger partial charge is 0.335 e. The van der Waals surface area contributed by atoms with E-state index in [2.05, 4.69) is 11.2 Å². The average molecular weight is 390 g/mol. The van der Waals surface area contributed by atoms with Gasteiger partial charge in [0.05, 0.1) is 28.4 Å². The van der Waals surface area contributed by atoms with Crippen LogP contribution in [0.3, 0.4) is 0 Å². The Hall–Kier alpha value is -4.12. The number of nitrogens with zero attached hydrogens (tertiary/aromatic N) is 3. The Balaban J connectivity index is 1.93. The number of aromatic carboxylic acids is 1. The number of hydrogen-bond donors (Lipinski definition) is 2. The zero-order valence-electron chi connectivity index (χ0n) is 15.3. The molecule has 1 aromatic heterocycles. The van der Waals surface area contributed by atoms with Crippen LogP contribution >= 0.6 is 0 Å². The number of nitrogens with two attached hydrogens (primary N) is 1. The summed E-state index contributed by atoms with van der Waals surface area (Å²) < 4.78 is 20.6. The molecule has 8 heteroatoms. The highest BCUT2D eigenvalue weighted by atomic mass is 19.1. The predicted octanol–water partition coefficient (Wildman–Crippen LogP) is 3.24. The highest BCUT2D eigenvalue weighted by Crippen LogP contribution is 2.44. The van der Waals surface area contributed by atoms with Gasteiger partial charge in [-0.25, -0.2) is 13.9 Å². The summed E-state index contributed by atoms with van der Waals surface area (Å²) in [6.07, 6.45) is 0. The van der Waals surface area contributed by atoms with Crippen molar-refractivity contribution in [1.82, 2.24) is 9.78 Å². The van der Waals surface area contributed by atoms with E-state index in [9.17, 15) is 19.6 Å². The highest BCUT2D eigenvalue weighted by Gasteiger charge is 2.36. The third-order valence-electron chi connectivity index (χ3n) is 4.77. The summed E-state index contributed by atoms with van der Waals surface area (Å²) in [5.74, 6) is -1.84. The lowest BCUT2D eigenvalue weighted by Crippen LogP contribution is -2.22. The molecule has 144 valence electrons. The minimum atomic E-state index is -1.07. The van der Waals surface area contributed by atoms with Gasteiger partial charge in [-0.05, 0) is 42.8 Å². The van der Waals surface area contributed by atoms with Crippen LogP contribution in [0.5, 0.6) is 5.88 Å². The van der Waals surface area contributed by atoms with Crippen LogP contribution in [0.15, 0.2) is 60.0 Å². The van der Waals surface area contributed by atoms with Gasteiger partial charge < -0.3 is 15.6 Å². The lowest BCUT2D eigenvalue weighted by Gasteiger charge is -2.24. The second kappa shape index (κ2) is 6.80. The molecular weight excluding hydrogens is 375 g/mol. The van der Waals surface area contributed by atoms with Gasteiger partial charge in [-0.3, -0.25) is 0 Å². The topological polar surface area (TPSA) is 114 Å². The van der Waals surface area contributed by atoms with Gasteiger partial charge in [-0.2, -0.15) is 10.4 Å². The first-order valence-electron chi connectivity index (χ1n) is 8.67. The zero-order chi connectivity index (χ0) is 20.7. The number of halogens is 1. The molecule has 1 aliphatic rings. The summed E-state index contributed by atoms with van der Waals surface area (Å²) in [6, 6.07) is 14.1. The fraction of sp³-hybridized carbons (Fsp3) is 0.0952. The first kappa shape index (κ1) is 18.3. The number of allylic oxidation sites excluding steroid dienone is 1. The molecule has 4 rings (SSSR count). The molecule has 1 atom stereocenters. The molecule has 0 spiro atoms. The lowest BCUT2D eigenvalue weighted by molar-refractivity contribution is 0.0697. The number of benzene rings is 2. The van der Waals surface area contributed by atoms with E-state index < -0.39 is 17.7 Å². The van der Waals surface area contributed by atoms with E-state index in [0.29, 0.717) is 22.5 Å². The molecule has 3 N–H and O–H groups in total. The Labute approximate surface area is 165 Å². The highest BCUT2D eigenvalue weighted by molar-refractivity contribution is 5.88. The van der Waals surface area contributed by atoms with Crippen molar-refractivity contribution in [3.8, 4) is 17.6 Å². The zero-order valence-corrected chi connectivity index (χ0v) is 15.3. The van der Waals surface area contributed by atoms with Crippen LogP contribution in [0.2, 0.25) is 0 Å². The van der Waals surface area contributed by atoms with E-state index in [1.165, 1.54) is 28.9 Å². The number of carbonyl (C=O) groups is 1. The number of carboxylic acids is 1. The van der Waals surface area contributed by atoms with E-state index >= 15 is 0 Å². The van der Waals surface area contributed by atoms with Gasteiger partial charge in [0.25, 0.3) is 0 Å². The molecule has 7 nitrogen and oxygen atoms in total. The maximum absolute atomic E-state index is 13.4. The molecule has 1 unspecified atom stereocenters. The molecule has 3 aromatic rings. The third-order valence-corrected chi connectivity index (χ3v) is 4.77. The largest absolute Gasteiger partial charge is 0.478 e. The summed E-state index contributed by atoms with van der Waals surface area (Å²) in [6.45, 7) is 1.76. The number of ether oxygens (including phenoxy) is 1. The Morgan fingerprint density at radius 3 is 2.69 bits per heavy atom. The first-order valence-corrected chi connectivity index (χ1v) is 8.67. The molecule has 0 amide bonds. The van der Waals surface area contributed by atoms with Crippen LogP contribution < -0.4 is 10.5 Å². The molecule has 1 aliphatic heterocycles. The summed E-state index contributed by atoms with van der Waals surface area (Å²) in [5.41, 5.74) is 8.65. The molecule has 0 saturated heterocycles. The van der Waals surface area contributed by atoms with Gasteiger partial charge in [-0.15, -0.1) is 0 Å². The van der Waals surface area contributed by atoms with Gasteiger partial charge in [0.1, 0.15) is 17.5 Å². The van der Waals surface area contributed by atoms with Crippen LogP contribution in [0.1, 0.15) is 33.1 Å². The summed E-state index contributed by atoms with van der Waals surface area (Å²) in [5, 5.41) is 23.4. The maximum Gasteiger partial charge on any atom is 0.335 e. The van der Waals surface area contributed by atoms with Gasteiger partial charge in [0, 0.05) is 0 Å². The van der Waals surface area contributed by atoms with Gasteiger partial charge in [-0.1, -0.05) is 18.2 Å². The standard InChI is InChI=1S/C21H15FN4O3/c1-11-17-18(12-5-7-14(22)8-6-12)16(10-23)19(24)29-20(17)26(25-11)15-4-2-3-13(9-15)21(27)28/h2-9,18H,24H2,1H3,(H,27,28). The van der Waals surface area contributed by atoms with Crippen LogP contribution in [-0.2, 0) is 0 Å². The number of aryl methyl sites for hydroxylation is 1. The number of fused-ring (bicyclic) bond motifs is 1. The number of aromatic nitrogens is 2. The lowest BCUT2D eigenvalue weighted by atomic mass is 9.84. The van der Waals surface area contributed by atoms with Crippen LogP contribution in [0.25, 0.3) is 5.69 Å². The van der Waals surface area contributed by atoms with Crippen molar-refractivity contribution >= 4 is 5.97 Å². The van der Waals surface area contributed by atoms with Crippen molar-refractivity contribution in [2.75, 3.05) is 0 Å². The van der Waals surface area contributed by atoms with Crippen molar-refractivity contribution < 1.29 is 19.0 Å². The Kier molecular flexibility index (Phi) is 4.28. The Bertz CT molecular complexity index is 1210. The summed E-state index contributed by atoms with van der Waals surface area (Å²) in [7, 11) is 0. The molecule has 0 bridgehead atoms. The normalized spacial score (nSPS) is 15.4. The van der Waals surface area contributed by atoms with E-state index in [1.807, 2.05) is 0 Å². The monoisotopic (exact) mass is 390 g/mol. The van der Waals surface area contributed by atoms with E-state index in [0.717, 1.165) is 0 Å². The van der Waals surface area contributed by atoms with Crippen LogP contribution in [-0.4, -0.2) is 20.9 Å². The predicted molar refractivity (Wildman–Crippen MR) is 101 cm³/mol. The SMILES string of the molecule is Cc1nn(-c2cccc(C(=O)O)c2)c2c1C(c1ccc(F)cc1)C(C#N)=C(N)O2. The second-order valence-electron chi connectivity index (χ2n) is 6.55. The molecular formula is C21H15FN4O3. The van der Waals surface area contributed by atoms with Crippen LogP contribution in [0, 0.1) is 24.1 Å². The average Bonchev–Trinajstić information content (AvgIpc) is 3.03. The third kappa shape index (κ3) is 2.99. The molecule has 29 heavy (non-hydrogen) atoms. The minimum Gasteiger partial charge on any atom is -0.478 e. The Morgan fingerprint density at radius 1 is 1.31 bits per heavy atom. The van der Waals surface area contributed by atoms with Gasteiger partial charge in [0.2, 0.25) is 11.8 Å². The van der Waals surface area contributed by atoms with Gasteiger partial charge >= 0.3 is 5.97 Å². The van der Waals surface area contributed by atoms with E-state index in [4.69, 9.17) is 10.5 Å². The quantitative estimate of drug-likeness (QED) is 0.710. The first-order chi connectivity index (χ1) is 13.9. The molecule has 2 heterocycles. The molecule has 0 fully saturated rings. The van der Waals surface area contributed by atoms with Crippen molar-refractivity contribution in [3.05, 3.63) is 88.2 Å². The second-order valence-corrected chi connectivity index (χ2v) is 6.55. The fourth-order valence-corrected chi connectivity index (χ4v) is 3.45. The van der Waals surface area contributed by atoms with E-state index in [1.54, 1.807) is 31.2 Å². The maximum atomic E-state index is 13.4. The van der Waals surface area contributed by atoms with E-state index in [-0.39, 0.29) is 22.9 Å². The number of carboxylic acid groups (broad SMARTS) is 1. The number of nitriles is 1.